The van der Waals surface area contributed by atoms with Gasteiger partial charge in [0.05, 0.1) is 5.56 Å². The lowest BCUT2D eigenvalue weighted by molar-refractivity contribution is -0.660. The first-order valence-electron chi connectivity index (χ1n) is 17.6. The number of furan rings is 1. The van der Waals surface area contributed by atoms with Crippen LogP contribution in [-0.2, 0) is 12.5 Å². The predicted molar refractivity (Wildman–Crippen MR) is 141 cm³/mol. The second-order valence-corrected chi connectivity index (χ2v) is 9.12. The standard InChI is InChI=1S/C32H32NO/c1-18(2)25-17-33(7)27(16-20(25)4)28-19(3)12-13-23-24-15-14-22-21-10-8-9-11-26(21)32(5,6)29(22)31(24)34-30(23)28/h8-18H,1-7H3/q+1/i1D3,4D3,5D3,6D3,18D. The van der Waals surface area contributed by atoms with Gasteiger partial charge in [0.2, 0.25) is 5.69 Å². The van der Waals surface area contributed by atoms with Crippen molar-refractivity contribution in [3.05, 3.63) is 88.6 Å². The summed E-state index contributed by atoms with van der Waals surface area (Å²) in [5, 5.41) is 1.04. The van der Waals surface area contributed by atoms with Gasteiger partial charge in [0.15, 0.2) is 6.20 Å². The van der Waals surface area contributed by atoms with Crippen LogP contribution in [0.15, 0.2) is 65.2 Å². The van der Waals surface area contributed by atoms with Gasteiger partial charge in [0, 0.05) is 51.2 Å². The van der Waals surface area contributed by atoms with E-state index in [4.69, 9.17) is 22.2 Å². The highest BCUT2D eigenvalue weighted by atomic mass is 16.3. The Bertz CT molecular complexity index is 2080. The first-order chi connectivity index (χ1) is 21.5. The molecule has 5 aromatic rings. The van der Waals surface area contributed by atoms with Gasteiger partial charge in [-0.25, -0.2) is 4.57 Å². The summed E-state index contributed by atoms with van der Waals surface area (Å²) in [4.78, 5) is 0. The molecule has 0 saturated carbocycles. The zero-order valence-electron chi connectivity index (χ0n) is 32.1. The summed E-state index contributed by atoms with van der Waals surface area (Å²) in [5.41, 5.74) is 0.114. The summed E-state index contributed by atoms with van der Waals surface area (Å²) >= 11 is 0. The van der Waals surface area contributed by atoms with Crippen LogP contribution in [0.3, 0.4) is 0 Å². The van der Waals surface area contributed by atoms with Gasteiger partial charge >= 0.3 is 0 Å². The Morgan fingerprint density at radius 1 is 0.971 bits per heavy atom. The van der Waals surface area contributed by atoms with E-state index in [9.17, 15) is 0 Å². The molecule has 170 valence electrons. The molecule has 2 nitrogen and oxygen atoms in total. The fraction of sp³-hybridized carbons (Fsp3) is 0.281. The minimum absolute atomic E-state index is 0.0431. The molecule has 0 radical (unpaired) electrons. The van der Waals surface area contributed by atoms with Gasteiger partial charge in [-0.05, 0) is 53.6 Å². The molecule has 0 spiro atoms. The second kappa shape index (κ2) is 7.06. The van der Waals surface area contributed by atoms with E-state index in [1.807, 2.05) is 0 Å². The van der Waals surface area contributed by atoms with Crippen LogP contribution in [0.4, 0.5) is 0 Å². The van der Waals surface area contributed by atoms with Crippen molar-refractivity contribution in [2.24, 2.45) is 7.05 Å². The number of pyridine rings is 1. The Balaban J connectivity index is 1.74. The third-order valence-electron chi connectivity index (χ3n) is 6.95. The fourth-order valence-corrected chi connectivity index (χ4v) is 5.29. The summed E-state index contributed by atoms with van der Waals surface area (Å²) in [6.07, 6.45) is 1.35. The van der Waals surface area contributed by atoms with E-state index in [0.29, 0.717) is 38.7 Å². The first-order valence-corrected chi connectivity index (χ1v) is 11.1. The van der Waals surface area contributed by atoms with Crippen molar-refractivity contribution >= 4 is 21.9 Å². The van der Waals surface area contributed by atoms with Gasteiger partial charge in [-0.3, -0.25) is 0 Å². The second-order valence-electron chi connectivity index (χ2n) is 9.12. The number of rotatable bonds is 2. The average molecular weight is 460 g/mol. The van der Waals surface area contributed by atoms with Crippen LogP contribution in [0, 0.1) is 13.8 Å². The van der Waals surface area contributed by atoms with Crippen LogP contribution in [0.5, 0.6) is 0 Å². The van der Waals surface area contributed by atoms with Gasteiger partial charge in [0.1, 0.15) is 18.2 Å². The molecule has 34 heavy (non-hydrogen) atoms. The van der Waals surface area contributed by atoms with Crippen molar-refractivity contribution in [2.75, 3.05) is 0 Å². The Hall–Kier alpha value is -3.39. The SMILES string of the molecule is [2H]C([2H])([2H])c1cc(-c2c(C)ccc3c2oc2c4c(ccc23)-c2ccccc2C4(C([2H])([2H])[2H])C([2H])([2H])[2H])[n+](C)cc1C([2H])(C)C([2H])([2H])[2H]. The van der Waals surface area contributed by atoms with E-state index >= 15 is 0 Å². The molecule has 0 saturated heterocycles. The highest BCUT2D eigenvalue weighted by Crippen LogP contribution is 2.53. The van der Waals surface area contributed by atoms with Crippen molar-refractivity contribution in [1.82, 2.24) is 0 Å². The molecular weight excluding hydrogens is 414 g/mol. The van der Waals surface area contributed by atoms with Crippen molar-refractivity contribution in [3.8, 4) is 22.4 Å². The zero-order valence-corrected chi connectivity index (χ0v) is 19.1. The quantitative estimate of drug-likeness (QED) is 0.244. The van der Waals surface area contributed by atoms with E-state index in [0.717, 1.165) is 6.92 Å². The van der Waals surface area contributed by atoms with E-state index in [1.54, 1.807) is 61.0 Å². The number of fused-ring (bicyclic) bond motifs is 7. The molecule has 0 bridgehead atoms. The molecule has 0 N–H and O–H groups in total. The molecule has 0 fully saturated rings. The number of aromatic nitrogens is 1. The van der Waals surface area contributed by atoms with Crippen LogP contribution < -0.4 is 4.57 Å². The third kappa shape index (κ3) is 2.72. The van der Waals surface area contributed by atoms with E-state index in [2.05, 4.69) is 0 Å². The van der Waals surface area contributed by atoms with Crippen molar-refractivity contribution in [3.63, 3.8) is 0 Å². The van der Waals surface area contributed by atoms with E-state index in [1.165, 1.54) is 18.3 Å². The van der Waals surface area contributed by atoms with Crippen LogP contribution in [0.2, 0.25) is 0 Å². The van der Waals surface area contributed by atoms with Crippen molar-refractivity contribution in [1.29, 1.82) is 0 Å². The van der Waals surface area contributed by atoms with Gasteiger partial charge in [-0.1, -0.05) is 69.9 Å². The van der Waals surface area contributed by atoms with Gasteiger partial charge in [0.25, 0.3) is 0 Å². The molecular formula is C32H32NO+. The summed E-state index contributed by atoms with van der Waals surface area (Å²) in [6.45, 7) is -8.66. The summed E-state index contributed by atoms with van der Waals surface area (Å²) in [6, 6.07) is 15.0. The molecule has 0 amide bonds. The van der Waals surface area contributed by atoms with Gasteiger partial charge < -0.3 is 4.42 Å². The van der Waals surface area contributed by atoms with Crippen LogP contribution in [0.1, 0.15) is 79.0 Å². The van der Waals surface area contributed by atoms with Crippen molar-refractivity contribution < 1.29 is 26.8 Å². The minimum atomic E-state index is -3.01. The lowest BCUT2D eigenvalue weighted by Gasteiger charge is -2.21. The van der Waals surface area contributed by atoms with E-state index < -0.39 is 38.7 Å². The monoisotopic (exact) mass is 459 g/mol. The maximum absolute atomic E-state index is 8.69. The summed E-state index contributed by atoms with van der Waals surface area (Å²) in [7, 11) is 1.61. The molecule has 0 aliphatic heterocycles. The molecule has 1 atom stereocenters. The minimum Gasteiger partial charge on any atom is -0.455 e. The number of hydrogen-bond donors (Lipinski definition) is 0. The van der Waals surface area contributed by atoms with Crippen LogP contribution in [0.25, 0.3) is 44.3 Å². The molecule has 2 aromatic heterocycles. The normalized spacial score (nSPS) is 23.1. The molecule has 1 aliphatic carbocycles. The van der Waals surface area contributed by atoms with Crippen LogP contribution >= 0.6 is 0 Å². The Labute approximate surface area is 220 Å². The molecule has 1 unspecified atom stereocenters. The van der Waals surface area contributed by atoms with Crippen molar-refractivity contribution in [2.45, 2.75) is 52.6 Å². The maximum atomic E-state index is 8.69. The van der Waals surface area contributed by atoms with Gasteiger partial charge in [-0.2, -0.15) is 0 Å². The Morgan fingerprint density at radius 2 is 1.76 bits per heavy atom. The molecule has 1 aliphatic rings. The smallest absolute Gasteiger partial charge is 0.216 e. The van der Waals surface area contributed by atoms with Gasteiger partial charge in [-0.15, -0.1) is 0 Å². The van der Waals surface area contributed by atoms with E-state index in [-0.39, 0.29) is 33.4 Å². The maximum Gasteiger partial charge on any atom is 0.216 e. The Kier molecular flexibility index (Phi) is 2.36. The first kappa shape index (κ1) is 11.4. The Morgan fingerprint density at radius 3 is 2.56 bits per heavy atom. The zero-order chi connectivity index (χ0) is 34.9. The van der Waals surface area contributed by atoms with Crippen LogP contribution in [-0.4, -0.2) is 0 Å². The number of benzene rings is 3. The summed E-state index contributed by atoms with van der Waals surface area (Å²) in [5.74, 6) is -2.24. The highest BCUT2D eigenvalue weighted by molar-refractivity contribution is 6.12. The largest absolute Gasteiger partial charge is 0.455 e. The third-order valence-corrected chi connectivity index (χ3v) is 6.95. The lowest BCUT2D eigenvalue weighted by Crippen LogP contribution is -2.32. The summed E-state index contributed by atoms with van der Waals surface area (Å²) < 4.78 is 117. The molecule has 3 aromatic carbocycles. The highest BCUT2D eigenvalue weighted by Gasteiger charge is 2.38. The fourth-order valence-electron chi connectivity index (χ4n) is 5.29. The topological polar surface area (TPSA) is 17.0 Å². The molecule has 2 heterocycles. The number of hydrogen-bond acceptors (Lipinski definition) is 1. The molecule has 6 rings (SSSR count). The molecule has 2 heteroatoms. The average Bonchev–Trinajstić information content (AvgIpc) is 3.45. The predicted octanol–water partition coefficient (Wildman–Crippen LogP) is 8.12. The number of aryl methyl sites for hydroxylation is 3. The number of nitrogens with zero attached hydrogens (tertiary/aromatic N) is 1. The lowest BCUT2D eigenvalue weighted by atomic mass is 9.82.